The molecule has 0 bridgehead atoms. The molecule has 0 saturated heterocycles. The number of H-pyrrole nitrogens is 1. The summed E-state index contributed by atoms with van der Waals surface area (Å²) in [7, 11) is 0. The van der Waals surface area contributed by atoms with Crippen LogP contribution >= 0.6 is 11.6 Å². The van der Waals surface area contributed by atoms with Crippen molar-refractivity contribution in [1.29, 1.82) is 0 Å². The van der Waals surface area contributed by atoms with Crippen LogP contribution in [0.25, 0.3) is 11.2 Å². The lowest BCUT2D eigenvalue weighted by molar-refractivity contribution is 0.431. The molecular formula is C13H11ClFN5O. The summed E-state index contributed by atoms with van der Waals surface area (Å²) in [5, 5.41) is 2.95. The predicted octanol–water partition coefficient (Wildman–Crippen LogP) is 3.37. The van der Waals surface area contributed by atoms with E-state index < -0.39 is 5.82 Å². The summed E-state index contributed by atoms with van der Waals surface area (Å²) in [6, 6.07) is 4.51. The van der Waals surface area contributed by atoms with Gasteiger partial charge in [-0.1, -0.05) is 17.7 Å². The van der Waals surface area contributed by atoms with Crippen molar-refractivity contribution in [3.63, 3.8) is 0 Å². The smallest absolute Gasteiger partial charge is 0.250 e. The van der Waals surface area contributed by atoms with Gasteiger partial charge in [-0.3, -0.25) is 0 Å². The van der Waals surface area contributed by atoms with Gasteiger partial charge in [0.1, 0.15) is 5.52 Å². The van der Waals surface area contributed by atoms with Gasteiger partial charge < -0.3 is 15.0 Å². The van der Waals surface area contributed by atoms with Crippen molar-refractivity contribution < 1.29 is 9.13 Å². The first-order valence-electron chi connectivity index (χ1n) is 6.26. The number of nitrogens with one attached hydrogen (secondary N) is 2. The Morgan fingerprint density at radius 3 is 3.05 bits per heavy atom. The Bertz CT molecular complexity index is 791. The summed E-state index contributed by atoms with van der Waals surface area (Å²) in [4.78, 5) is 15.3. The molecule has 8 heteroatoms. The van der Waals surface area contributed by atoms with Crippen LogP contribution < -0.4 is 10.1 Å². The highest BCUT2D eigenvalue weighted by Gasteiger charge is 2.15. The third-order valence-corrected chi connectivity index (χ3v) is 3.00. The summed E-state index contributed by atoms with van der Waals surface area (Å²) in [5.74, 6) is -0.126. The number of benzene rings is 1. The number of fused-ring (bicyclic) bond motifs is 1. The highest BCUT2D eigenvalue weighted by molar-refractivity contribution is 6.30. The van der Waals surface area contributed by atoms with Crippen molar-refractivity contribution in [3.05, 3.63) is 35.4 Å². The molecule has 0 aliphatic heterocycles. The zero-order chi connectivity index (χ0) is 14.8. The number of rotatable bonds is 4. The molecule has 0 fully saturated rings. The molecule has 2 N–H and O–H groups in total. The minimum atomic E-state index is -0.643. The summed E-state index contributed by atoms with van der Waals surface area (Å²) in [6.45, 7) is 2.55. The van der Waals surface area contributed by atoms with E-state index in [9.17, 15) is 4.39 Å². The van der Waals surface area contributed by atoms with Crippen LogP contribution in [0.15, 0.2) is 24.5 Å². The number of imidazole rings is 1. The number of aromatic nitrogens is 4. The largest absolute Gasteiger partial charge is 0.434 e. The molecule has 108 valence electrons. The highest BCUT2D eigenvalue weighted by atomic mass is 35.5. The van der Waals surface area contributed by atoms with Gasteiger partial charge in [-0.15, -0.1) is 0 Å². The van der Waals surface area contributed by atoms with Crippen molar-refractivity contribution in [2.75, 3.05) is 11.9 Å². The van der Waals surface area contributed by atoms with Crippen LogP contribution in [-0.4, -0.2) is 26.5 Å². The van der Waals surface area contributed by atoms with E-state index >= 15 is 0 Å². The molecule has 3 aromatic rings. The molecule has 0 atom stereocenters. The fourth-order valence-electron chi connectivity index (χ4n) is 1.78. The molecule has 6 nitrogen and oxygen atoms in total. The molecule has 2 heterocycles. The summed E-state index contributed by atoms with van der Waals surface area (Å²) in [6.07, 6.45) is 1.47. The average Bonchev–Trinajstić information content (AvgIpc) is 2.93. The zero-order valence-corrected chi connectivity index (χ0v) is 11.8. The van der Waals surface area contributed by atoms with Crippen LogP contribution in [0.1, 0.15) is 6.92 Å². The second kappa shape index (κ2) is 5.53. The van der Waals surface area contributed by atoms with Crippen LogP contribution in [0.2, 0.25) is 5.02 Å². The van der Waals surface area contributed by atoms with Gasteiger partial charge in [0.25, 0.3) is 5.88 Å². The Hall–Kier alpha value is -2.41. The number of hydrogen-bond donors (Lipinski definition) is 2. The van der Waals surface area contributed by atoms with Crippen LogP contribution in [-0.2, 0) is 0 Å². The Morgan fingerprint density at radius 1 is 1.38 bits per heavy atom. The molecule has 0 amide bonds. The van der Waals surface area contributed by atoms with Crippen molar-refractivity contribution >= 4 is 28.7 Å². The number of aromatic amines is 1. The van der Waals surface area contributed by atoms with Crippen molar-refractivity contribution in [2.24, 2.45) is 0 Å². The van der Waals surface area contributed by atoms with E-state index in [0.29, 0.717) is 23.7 Å². The van der Waals surface area contributed by atoms with Crippen molar-refractivity contribution in [2.45, 2.75) is 6.92 Å². The molecule has 0 saturated carbocycles. The van der Waals surface area contributed by atoms with Crippen molar-refractivity contribution in [3.8, 4) is 11.6 Å². The van der Waals surface area contributed by atoms with Gasteiger partial charge in [0, 0.05) is 6.54 Å². The molecule has 0 spiro atoms. The number of halogens is 2. The van der Waals surface area contributed by atoms with E-state index in [4.69, 9.17) is 16.3 Å². The van der Waals surface area contributed by atoms with E-state index in [-0.39, 0.29) is 16.7 Å². The van der Waals surface area contributed by atoms with Gasteiger partial charge in [-0.05, 0) is 19.1 Å². The maximum absolute atomic E-state index is 13.9. The average molecular weight is 308 g/mol. The van der Waals surface area contributed by atoms with Crippen molar-refractivity contribution in [1.82, 2.24) is 19.9 Å². The Morgan fingerprint density at radius 2 is 2.24 bits per heavy atom. The first kappa shape index (κ1) is 13.6. The second-order valence-electron chi connectivity index (χ2n) is 4.14. The Labute approximate surface area is 124 Å². The standard InChI is InChI=1S/C13H11ClFN5O/c1-2-16-13-19-11-10(17-6-18-11)12(20-13)21-8-5-3-4-7(14)9(8)15/h3-6H,2H2,1H3,(H2,16,17,18,19,20). The first-order valence-corrected chi connectivity index (χ1v) is 6.63. The molecule has 0 aliphatic carbocycles. The number of anilines is 1. The number of hydrogen-bond acceptors (Lipinski definition) is 5. The zero-order valence-electron chi connectivity index (χ0n) is 11.0. The minimum Gasteiger partial charge on any atom is -0.434 e. The van der Waals surface area contributed by atoms with Gasteiger partial charge in [0.15, 0.2) is 17.2 Å². The van der Waals surface area contributed by atoms with Gasteiger partial charge >= 0.3 is 0 Å². The first-order chi connectivity index (χ1) is 10.2. The fourth-order valence-corrected chi connectivity index (χ4v) is 1.95. The molecular weight excluding hydrogens is 297 g/mol. The fraction of sp³-hybridized carbons (Fsp3) is 0.154. The summed E-state index contributed by atoms with van der Waals surface area (Å²) >= 11 is 5.74. The molecule has 0 unspecified atom stereocenters. The normalized spacial score (nSPS) is 10.8. The van der Waals surface area contributed by atoms with Crippen LogP contribution in [0.3, 0.4) is 0 Å². The highest BCUT2D eigenvalue weighted by Crippen LogP contribution is 2.31. The quantitative estimate of drug-likeness (QED) is 0.773. The third kappa shape index (κ3) is 2.59. The minimum absolute atomic E-state index is 0.0143. The number of ether oxygens (including phenoxy) is 1. The van der Waals surface area contributed by atoms with E-state index in [2.05, 4.69) is 25.3 Å². The van der Waals surface area contributed by atoms with E-state index in [1.54, 1.807) is 6.07 Å². The SMILES string of the molecule is CCNc1nc(Oc2cccc(Cl)c2F)c2[nH]cnc2n1. The topological polar surface area (TPSA) is 75.7 Å². The Kier molecular flexibility index (Phi) is 3.57. The van der Waals surface area contributed by atoms with E-state index in [0.717, 1.165) is 0 Å². The van der Waals surface area contributed by atoms with Gasteiger partial charge in [0.05, 0.1) is 11.3 Å². The molecule has 2 aromatic heterocycles. The van der Waals surface area contributed by atoms with E-state index in [1.165, 1.54) is 18.5 Å². The van der Waals surface area contributed by atoms with Crippen LogP contribution in [0.4, 0.5) is 10.3 Å². The maximum Gasteiger partial charge on any atom is 0.250 e. The van der Waals surface area contributed by atoms with Gasteiger partial charge in [0.2, 0.25) is 5.95 Å². The lowest BCUT2D eigenvalue weighted by Crippen LogP contribution is -2.04. The third-order valence-electron chi connectivity index (χ3n) is 2.71. The molecule has 1 aromatic carbocycles. The van der Waals surface area contributed by atoms with Gasteiger partial charge in [-0.25, -0.2) is 9.37 Å². The second-order valence-corrected chi connectivity index (χ2v) is 4.55. The lowest BCUT2D eigenvalue weighted by atomic mass is 10.3. The van der Waals surface area contributed by atoms with Crippen LogP contribution in [0.5, 0.6) is 11.6 Å². The summed E-state index contributed by atoms with van der Waals surface area (Å²) < 4.78 is 19.4. The van der Waals surface area contributed by atoms with E-state index in [1.807, 2.05) is 6.92 Å². The molecule has 21 heavy (non-hydrogen) atoms. The van der Waals surface area contributed by atoms with Gasteiger partial charge in [-0.2, -0.15) is 9.97 Å². The lowest BCUT2D eigenvalue weighted by Gasteiger charge is -2.09. The maximum atomic E-state index is 13.9. The molecule has 3 rings (SSSR count). The molecule has 0 radical (unpaired) electrons. The summed E-state index contributed by atoms with van der Waals surface area (Å²) in [5.41, 5.74) is 0.911. The number of nitrogens with zero attached hydrogens (tertiary/aromatic N) is 3. The van der Waals surface area contributed by atoms with Crippen LogP contribution in [0, 0.1) is 5.82 Å². The monoisotopic (exact) mass is 307 g/mol. The predicted molar refractivity (Wildman–Crippen MR) is 77.3 cm³/mol. The Balaban J connectivity index is 2.06. The molecule has 0 aliphatic rings.